The van der Waals surface area contributed by atoms with Crippen molar-refractivity contribution in [2.75, 3.05) is 6.61 Å². The number of nitrogens with two attached hydrogens (primary N) is 1. The van der Waals surface area contributed by atoms with Crippen LogP contribution in [0.15, 0.2) is 66.1 Å². The van der Waals surface area contributed by atoms with E-state index in [1.165, 1.54) is 0 Å². The van der Waals surface area contributed by atoms with Gasteiger partial charge in [-0.3, -0.25) is 9.97 Å². The van der Waals surface area contributed by atoms with Gasteiger partial charge in [-0.25, -0.2) is 4.99 Å². The maximum Gasteiger partial charge on any atom is 0.283 e. The second-order valence-electron chi connectivity index (χ2n) is 8.96. The standard InChI is InChI=1S/C25H24N4O2/c1-24(2,3)9-8-18-12-20-22(14-28-18)31-21-7-6-16(17-5-4-10-27-13-17)11-19(21)25(20)15-30-23(26)29-25/h4-14H,15H2,1-3H3,(H2,26,29)/b9-8+/t25-/m0/s1. The molecular weight excluding hydrogens is 388 g/mol. The van der Waals surface area contributed by atoms with Crippen LogP contribution in [0.25, 0.3) is 17.2 Å². The SMILES string of the molecule is CC(C)(C)/C=C/c1cc2c(cn1)Oc1ccc(-c3cccnc3)cc1[C@@]21COC(N)=N1. The molecule has 0 aliphatic carbocycles. The third kappa shape index (κ3) is 3.44. The minimum absolute atomic E-state index is 0.0516. The van der Waals surface area contributed by atoms with Crippen LogP contribution >= 0.6 is 0 Å². The van der Waals surface area contributed by atoms with Gasteiger partial charge in [-0.1, -0.05) is 39.0 Å². The van der Waals surface area contributed by atoms with Crippen molar-refractivity contribution in [1.82, 2.24) is 9.97 Å². The van der Waals surface area contributed by atoms with Gasteiger partial charge in [0.05, 0.1) is 11.9 Å². The topological polar surface area (TPSA) is 82.6 Å². The summed E-state index contributed by atoms with van der Waals surface area (Å²) in [5.41, 5.74) is 9.97. The first-order chi connectivity index (χ1) is 14.8. The molecular formula is C25H24N4O2. The highest BCUT2D eigenvalue weighted by Crippen LogP contribution is 2.51. The summed E-state index contributed by atoms with van der Waals surface area (Å²) in [5.74, 6) is 1.39. The van der Waals surface area contributed by atoms with Crippen molar-refractivity contribution in [3.05, 3.63) is 77.9 Å². The second-order valence-corrected chi connectivity index (χ2v) is 8.96. The number of benzene rings is 1. The van der Waals surface area contributed by atoms with E-state index in [0.717, 1.165) is 33.7 Å². The Hall–Kier alpha value is -3.67. The first-order valence-electron chi connectivity index (χ1n) is 10.2. The fourth-order valence-corrected chi connectivity index (χ4v) is 3.92. The number of aliphatic imine (C=N–C) groups is 1. The van der Waals surface area contributed by atoms with Gasteiger partial charge in [0, 0.05) is 29.1 Å². The van der Waals surface area contributed by atoms with E-state index in [9.17, 15) is 0 Å². The van der Waals surface area contributed by atoms with Crippen LogP contribution in [0.3, 0.4) is 0 Å². The molecule has 0 amide bonds. The average molecular weight is 412 g/mol. The van der Waals surface area contributed by atoms with Gasteiger partial charge in [-0.05, 0) is 41.3 Å². The van der Waals surface area contributed by atoms with Crippen molar-refractivity contribution in [1.29, 1.82) is 0 Å². The molecule has 0 fully saturated rings. The first kappa shape index (κ1) is 19.3. The minimum atomic E-state index is -0.779. The number of nitrogens with zero attached hydrogens (tertiary/aromatic N) is 3. The Kier molecular flexibility index (Phi) is 4.32. The van der Waals surface area contributed by atoms with E-state index in [2.05, 4.69) is 42.9 Å². The van der Waals surface area contributed by atoms with Crippen LogP contribution in [0.4, 0.5) is 0 Å². The Labute approximate surface area is 181 Å². The van der Waals surface area contributed by atoms with E-state index in [-0.39, 0.29) is 11.4 Å². The van der Waals surface area contributed by atoms with Crippen molar-refractivity contribution >= 4 is 12.1 Å². The molecule has 1 aromatic carbocycles. The van der Waals surface area contributed by atoms with Crippen molar-refractivity contribution in [3.63, 3.8) is 0 Å². The van der Waals surface area contributed by atoms with E-state index in [4.69, 9.17) is 20.2 Å². The van der Waals surface area contributed by atoms with Gasteiger partial charge >= 0.3 is 0 Å². The lowest BCUT2D eigenvalue weighted by molar-refractivity contribution is 0.264. The predicted octanol–water partition coefficient (Wildman–Crippen LogP) is 4.90. The van der Waals surface area contributed by atoms with E-state index in [1.807, 2.05) is 42.6 Å². The lowest BCUT2D eigenvalue weighted by atomic mass is 9.80. The summed E-state index contributed by atoms with van der Waals surface area (Å²) in [6.07, 6.45) is 9.52. The molecule has 0 saturated carbocycles. The number of amidine groups is 1. The third-order valence-corrected chi connectivity index (χ3v) is 5.46. The van der Waals surface area contributed by atoms with Gasteiger partial charge in [0.2, 0.25) is 0 Å². The zero-order valence-electron chi connectivity index (χ0n) is 17.8. The highest BCUT2D eigenvalue weighted by atomic mass is 16.5. The fourth-order valence-electron chi connectivity index (χ4n) is 3.92. The molecule has 3 aromatic rings. The van der Waals surface area contributed by atoms with Gasteiger partial charge in [0.15, 0.2) is 11.3 Å². The number of hydrogen-bond donors (Lipinski definition) is 1. The number of fused-ring (bicyclic) bond motifs is 4. The smallest absolute Gasteiger partial charge is 0.283 e. The molecule has 5 rings (SSSR count). The Morgan fingerprint density at radius 2 is 1.87 bits per heavy atom. The first-order valence-corrected chi connectivity index (χ1v) is 10.2. The van der Waals surface area contributed by atoms with Crippen LogP contribution in [0.5, 0.6) is 11.5 Å². The van der Waals surface area contributed by atoms with Gasteiger partial charge in [0.1, 0.15) is 12.4 Å². The summed E-state index contributed by atoms with van der Waals surface area (Å²) >= 11 is 0. The monoisotopic (exact) mass is 412 g/mol. The summed E-state index contributed by atoms with van der Waals surface area (Å²) in [7, 11) is 0. The van der Waals surface area contributed by atoms with E-state index < -0.39 is 5.54 Å². The number of allylic oxidation sites excluding steroid dienone is 1. The highest BCUT2D eigenvalue weighted by molar-refractivity contribution is 5.78. The van der Waals surface area contributed by atoms with Gasteiger partial charge < -0.3 is 15.2 Å². The molecule has 0 unspecified atom stereocenters. The van der Waals surface area contributed by atoms with Crippen molar-refractivity contribution in [3.8, 4) is 22.6 Å². The van der Waals surface area contributed by atoms with Crippen molar-refractivity contribution < 1.29 is 9.47 Å². The molecule has 1 atom stereocenters. The Bertz CT molecular complexity index is 1210. The summed E-state index contributed by atoms with van der Waals surface area (Å²) < 4.78 is 11.9. The fraction of sp³-hybridized carbons (Fsp3) is 0.240. The number of ether oxygens (including phenoxy) is 2. The predicted molar refractivity (Wildman–Crippen MR) is 121 cm³/mol. The quantitative estimate of drug-likeness (QED) is 0.647. The van der Waals surface area contributed by atoms with E-state index >= 15 is 0 Å². The molecule has 0 saturated heterocycles. The summed E-state index contributed by atoms with van der Waals surface area (Å²) in [6.45, 7) is 6.76. The zero-order valence-corrected chi connectivity index (χ0v) is 17.8. The number of aromatic nitrogens is 2. The molecule has 6 nitrogen and oxygen atoms in total. The van der Waals surface area contributed by atoms with Crippen LogP contribution in [0, 0.1) is 5.41 Å². The molecule has 0 radical (unpaired) electrons. The molecule has 156 valence electrons. The highest BCUT2D eigenvalue weighted by Gasteiger charge is 2.47. The molecule has 4 heterocycles. The van der Waals surface area contributed by atoms with Gasteiger partial charge in [0.25, 0.3) is 6.02 Å². The van der Waals surface area contributed by atoms with Crippen molar-refractivity contribution in [2.45, 2.75) is 26.3 Å². The Morgan fingerprint density at radius 3 is 2.58 bits per heavy atom. The van der Waals surface area contributed by atoms with Crippen LogP contribution < -0.4 is 10.5 Å². The normalized spacial score (nSPS) is 19.5. The molecule has 0 bridgehead atoms. The maximum atomic E-state index is 6.22. The van der Waals surface area contributed by atoms with E-state index in [0.29, 0.717) is 12.4 Å². The Morgan fingerprint density at radius 1 is 1.03 bits per heavy atom. The maximum absolute atomic E-state index is 6.22. The van der Waals surface area contributed by atoms with Crippen molar-refractivity contribution in [2.24, 2.45) is 16.1 Å². The van der Waals surface area contributed by atoms with Crippen LogP contribution in [0.2, 0.25) is 0 Å². The van der Waals surface area contributed by atoms with E-state index in [1.54, 1.807) is 12.4 Å². The third-order valence-electron chi connectivity index (χ3n) is 5.46. The molecule has 2 aromatic heterocycles. The summed E-state index contributed by atoms with van der Waals surface area (Å²) in [4.78, 5) is 13.6. The lowest BCUT2D eigenvalue weighted by Crippen LogP contribution is -2.31. The zero-order chi connectivity index (χ0) is 21.6. The molecule has 31 heavy (non-hydrogen) atoms. The molecule has 2 N–H and O–H groups in total. The minimum Gasteiger partial charge on any atom is -0.462 e. The number of hydrogen-bond acceptors (Lipinski definition) is 6. The van der Waals surface area contributed by atoms with Gasteiger partial charge in [-0.2, -0.15) is 0 Å². The van der Waals surface area contributed by atoms with Crippen LogP contribution in [-0.2, 0) is 10.3 Å². The number of pyridine rings is 2. The molecule has 1 spiro atoms. The average Bonchev–Trinajstić information content (AvgIpc) is 3.15. The second kappa shape index (κ2) is 6.94. The summed E-state index contributed by atoms with van der Waals surface area (Å²) in [5, 5.41) is 0. The Balaban J connectivity index is 1.67. The lowest BCUT2D eigenvalue weighted by Gasteiger charge is -2.33. The number of rotatable bonds is 2. The molecule has 6 heteroatoms. The summed E-state index contributed by atoms with van der Waals surface area (Å²) in [6, 6.07) is 12.2. The molecule has 2 aliphatic rings. The van der Waals surface area contributed by atoms with Crippen LogP contribution in [-0.4, -0.2) is 22.6 Å². The van der Waals surface area contributed by atoms with Gasteiger partial charge in [-0.15, -0.1) is 0 Å². The van der Waals surface area contributed by atoms with Crippen LogP contribution in [0.1, 0.15) is 37.6 Å². The molecule has 2 aliphatic heterocycles. The largest absolute Gasteiger partial charge is 0.462 e.